The number of ketones is 1. The minimum Gasteiger partial charge on any atom is -0.399 e. The fraction of sp³-hybridized carbons (Fsp3) is 0.0625. The summed E-state index contributed by atoms with van der Waals surface area (Å²) in [5.41, 5.74) is 7.68. The van der Waals surface area contributed by atoms with Gasteiger partial charge in [-0.15, -0.1) is 0 Å². The van der Waals surface area contributed by atoms with Crippen molar-refractivity contribution < 1.29 is 9.18 Å². The summed E-state index contributed by atoms with van der Waals surface area (Å²) in [6.07, 6.45) is 1.59. The topological polar surface area (TPSA) is 58.9 Å². The first kappa shape index (κ1) is 13.8. The van der Waals surface area contributed by atoms with Gasteiger partial charge in [0.25, 0.3) is 0 Å². The average molecular weight is 347 g/mol. The number of nitrogen functional groups attached to an aromatic ring is 1. The molecule has 21 heavy (non-hydrogen) atoms. The van der Waals surface area contributed by atoms with Crippen LogP contribution < -0.4 is 5.73 Å². The summed E-state index contributed by atoms with van der Waals surface area (Å²) in [5.74, 6) is -0.920. The number of nitrogens with one attached hydrogen (secondary N) is 1. The number of carbonyl (C=O) groups excluding carboxylic acids is 1. The minimum absolute atomic E-state index is 0.0100. The van der Waals surface area contributed by atoms with E-state index in [0.717, 1.165) is 15.4 Å². The average Bonchev–Trinajstić information content (AvgIpc) is 2.87. The van der Waals surface area contributed by atoms with E-state index in [0.29, 0.717) is 16.8 Å². The fourth-order valence-electron chi connectivity index (χ4n) is 2.43. The molecule has 1 heterocycles. The van der Waals surface area contributed by atoms with Crippen LogP contribution >= 0.6 is 15.9 Å². The van der Waals surface area contributed by atoms with E-state index in [1.165, 1.54) is 12.1 Å². The molecule has 3 nitrogen and oxygen atoms in total. The zero-order chi connectivity index (χ0) is 15.1. The first-order chi connectivity index (χ1) is 9.99. The highest BCUT2D eigenvalue weighted by atomic mass is 79.9. The van der Waals surface area contributed by atoms with E-state index in [-0.39, 0.29) is 11.3 Å². The summed E-state index contributed by atoms with van der Waals surface area (Å²) in [4.78, 5) is 15.7. The standard InChI is InChI=1S/C16H12BrFN2O/c1-8-5-9(19)6-10(15(8)18)16(21)11-7-20-13-4-2-3-12(17)14(11)13/h2-7,20H,19H2,1H3. The van der Waals surface area contributed by atoms with Crippen LogP contribution in [0.2, 0.25) is 0 Å². The summed E-state index contributed by atoms with van der Waals surface area (Å²) in [6, 6.07) is 8.45. The Morgan fingerprint density at radius 1 is 1.29 bits per heavy atom. The fourth-order valence-corrected chi connectivity index (χ4v) is 3.01. The lowest BCUT2D eigenvalue weighted by Crippen LogP contribution is -2.06. The van der Waals surface area contributed by atoms with Crippen molar-refractivity contribution in [1.82, 2.24) is 4.98 Å². The highest BCUT2D eigenvalue weighted by molar-refractivity contribution is 9.10. The van der Waals surface area contributed by atoms with Crippen LogP contribution in [0.3, 0.4) is 0 Å². The van der Waals surface area contributed by atoms with E-state index in [2.05, 4.69) is 20.9 Å². The molecule has 0 unspecified atom stereocenters. The molecule has 0 saturated carbocycles. The molecule has 2 aromatic carbocycles. The molecule has 0 saturated heterocycles. The molecular weight excluding hydrogens is 335 g/mol. The number of hydrogen-bond donors (Lipinski definition) is 2. The first-order valence-corrected chi connectivity index (χ1v) is 7.14. The second kappa shape index (κ2) is 5.00. The number of nitrogens with two attached hydrogens (primary N) is 1. The number of rotatable bonds is 2. The summed E-state index contributed by atoms with van der Waals surface area (Å²) in [7, 11) is 0. The molecule has 3 aromatic rings. The lowest BCUT2D eigenvalue weighted by atomic mass is 9.99. The quantitative estimate of drug-likeness (QED) is 0.539. The Labute approximate surface area is 129 Å². The maximum atomic E-state index is 14.2. The van der Waals surface area contributed by atoms with Crippen LogP contribution in [0, 0.1) is 12.7 Å². The van der Waals surface area contributed by atoms with Gasteiger partial charge in [0.05, 0.1) is 5.56 Å². The number of aromatic nitrogens is 1. The molecule has 0 aliphatic carbocycles. The van der Waals surface area contributed by atoms with Crippen LogP contribution in [0.1, 0.15) is 21.5 Å². The highest BCUT2D eigenvalue weighted by Gasteiger charge is 2.20. The molecule has 0 aliphatic rings. The number of carbonyl (C=O) groups is 1. The van der Waals surface area contributed by atoms with Gasteiger partial charge in [-0.2, -0.15) is 0 Å². The van der Waals surface area contributed by atoms with Crippen LogP contribution in [0.4, 0.5) is 10.1 Å². The third kappa shape index (κ3) is 2.23. The first-order valence-electron chi connectivity index (χ1n) is 6.35. The zero-order valence-corrected chi connectivity index (χ0v) is 12.8. The van der Waals surface area contributed by atoms with E-state index in [4.69, 9.17) is 5.73 Å². The van der Waals surface area contributed by atoms with Gasteiger partial charge in [0.15, 0.2) is 5.78 Å². The second-order valence-corrected chi connectivity index (χ2v) is 5.75. The number of hydrogen-bond acceptors (Lipinski definition) is 2. The number of benzene rings is 2. The maximum absolute atomic E-state index is 14.2. The van der Waals surface area contributed by atoms with E-state index in [1.807, 2.05) is 18.2 Å². The Balaban J connectivity index is 2.22. The van der Waals surface area contributed by atoms with Gasteiger partial charge in [0.2, 0.25) is 0 Å². The van der Waals surface area contributed by atoms with Crippen molar-refractivity contribution in [3.8, 4) is 0 Å². The molecule has 0 bridgehead atoms. The van der Waals surface area contributed by atoms with Crippen LogP contribution in [-0.4, -0.2) is 10.8 Å². The van der Waals surface area contributed by atoms with Crippen molar-refractivity contribution in [2.75, 3.05) is 5.73 Å². The number of H-pyrrole nitrogens is 1. The van der Waals surface area contributed by atoms with Crippen LogP contribution in [0.15, 0.2) is 41.0 Å². The lowest BCUT2D eigenvalue weighted by molar-refractivity contribution is 0.103. The number of halogens is 2. The smallest absolute Gasteiger partial charge is 0.198 e. The van der Waals surface area contributed by atoms with Gasteiger partial charge >= 0.3 is 0 Å². The summed E-state index contributed by atoms with van der Waals surface area (Å²) >= 11 is 3.42. The molecule has 0 amide bonds. The number of anilines is 1. The largest absolute Gasteiger partial charge is 0.399 e. The summed E-state index contributed by atoms with van der Waals surface area (Å²) in [6.45, 7) is 1.59. The Morgan fingerprint density at radius 2 is 2.05 bits per heavy atom. The summed E-state index contributed by atoms with van der Waals surface area (Å²) < 4.78 is 15.0. The SMILES string of the molecule is Cc1cc(N)cc(C(=O)c2c[nH]c3cccc(Br)c23)c1F. The molecular formula is C16H12BrFN2O. The van der Waals surface area contributed by atoms with Crippen molar-refractivity contribution in [3.05, 3.63) is 63.5 Å². The molecule has 0 atom stereocenters. The third-order valence-corrected chi connectivity index (χ3v) is 4.08. The maximum Gasteiger partial charge on any atom is 0.198 e. The molecule has 0 aliphatic heterocycles. The van der Waals surface area contributed by atoms with Gasteiger partial charge in [-0.05, 0) is 36.8 Å². The number of aromatic amines is 1. The zero-order valence-electron chi connectivity index (χ0n) is 11.2. The molecule has 3 N–H and O–H groups in total. The lowest BCUT2D eigenvalue weighted by Gasteiger charge is -2.07. The van der Waals surface area contributed by atoms with Crippen LogP contribution in [0.25, 0.3) is 10.9 Å². The van der Waals surface area contributed by atoms with Crippen LogP contribution in [-0.2, 0) is 0 Å². The van der Waals surface area contributed by atoms with E-state index in [1.54, 1.807) is 13.1 Å². The van der Waals surface area contributed by atoms with Gasteiger partial charge in [-0.25, -0.2) is 4.39 Å². The molecule has 106 valence electrons. The molecule has 1 aromatic heterocycles. The van der Waals surface area contributed by atoms with Crippen molar-refractivity contribution in [2.45, 2.75) is 6.92 Å². The predicted octanol–water partition coefficient (Wildman–Crippen LogP) is 4.19. The number of fused-ring (bicyclic) bond motifs is 1. The van der Waals surface area contributed by atoms with Gasteiger partial charge in [-0.3, -0.25) is 4.79 Å². The molecule has 0 fully saturated rings. The van der Waals surface area contributed by atoms with Gasteiger partial charge < -0.3 is 10.7 Å². The van der Waals surface area contributed by atoms with Crippen molar-refractivity contribution in [1.29, 1.82) is 0 Å². The molecule has 0 radical (unpaired) electrons. The normalized spacial score (nSPS) is 11.0. The van der Waals surface area contributed by atoms with Crippen molar-refractivity contribution in [2.24, 2.45) is 0 Å². The van der Waals surface area contributed by atoms with E-state index < -0.39 is 5.82 Å². The Bertz CT molecular complexity index is 870. The molecule has 0 spiro atoms. The Morgan fingerprint density at radius 3 is 2.81 bits per heavy atom. The van der Waals surface area contributed by atoms with Crippen molar-refractivity contribution >= 4 is 38.3 Å². The van der Waals surface area contributed by atoms with E-state index in [9.17, 15) is 9.18 Å². The van der Waals surface area contributed by atoms with E-state index >= 15 is 0 Å². The monoisotopic (exact) mass is 346 g/mol. The van der Waals surface area contributed by atoms with Crippen LogP contribution in [0.5, 0.6) is 0 Å². The van der Waals surface area contributed by atoms with Crippen molar-refractivity contribution in [3.63, 3.8) is 0 Å². The Hall–Kier alpha value is -2.14. The number of aryl methyl sites for hydroxylation is 1. The van der Waals surface area contributed by atoms with Gasteiger partial charge in [0, 0.05) is 32.8 Å². The summed E-state index contributed by atoms with van der Waals surface area (Å²) in [5, 5.41) is 0.738. The highest BCUT2D eigenvalue weighted by Crippen LogP contribution is 2.30. The predicted molar refractivity (Wildman–Crippen MR) is 85.0 cm³/mol. The molecule has 3 rings (SSSR count). The molecule has 5 heteroatoms. The Kier molecular flexibility index (Phi) is 3.29. The van der Waals surface area contributed by atoms with Gasteiger partial charge in [0.1, 0.15) is 5.82 Å². The minimum atomic E-state index is -0.532. The van der Waals surface area contributed by atoms with Gasteiger partial charge in [-0.1, -0.05) is 22.0 Å². The second-order valence-electron chi connectivity index (χ2n) is 4.89. The third-order valence-electron chi connectivity index (χ3n) is 3.42.